The highest BCUT2D eigenvalue weighted by atomic mass is 32.2. The van der Waals surface area contributed by atoms with E-state index in [-0.39, 0.29) is 9.81 Å². The average Bonchev–Trinajstić information content (AvgIpc) is 3.27. The quantitative estimate of drug-likeness (QED) is 0.276. The van der Waals surface area contributed by atoms with E-state index in [0.717, 1.165) is 44.5 Å². The van der Waals surface area contributed by atoms with Crippen molar-refractivity contribution < 1.29 is 26.3 Å². The summed E-state index contributed by atoms with van der Waals surface area (Å²) in [5.74, 6) is -13.0. The first-order valence-electron chi connectivity index (χ1n) is 11.8. The number of hydrogen-bond donors (Lipinski definition) is 0. The molecule has 0 amide bonds. The molecule has 1 fully saturated rings. The summed E-state index contributed by atoms with van der Waals surface area (Å²) in [7, 11) is 0. The van der Waals surface area contributed by atoms with Crippen LogP contribution in [0.4, 0.5) is 26.3 Å². The van der Waals surface area contributed by atoms with E-state index in [1.807, 2.05) is 26.0 Å². The molecular formula is C27H24F6S4. The second-order valence-electron chi connectivity index (χ2n) is 10.4. The molecule has 0 radical (unpaired) electrons. The zero-order valence-electron chi connectivity index (χ0n) is 20.5. The molecule has 3 heterocycles. The maximum atomic E-state index is 15.4. The van der Waals surface area contributed by atoms with Crippen LogP contribution >= 0.6 is 47.0 Å². The van der Waals surface area contributed by atoms with E-state index in [4.69, 9.17) is 0 Å². The van der Waals surface area contributed by atoms with Crippen LogP contribution in [0.3, 0.4) is 0 Å². The van der Waals surface area contributed by atoms with E-state index in [1.54, 1.807) is 37.4 Å². The van der Waals surface area contributed by atoms with E-state index < -0.39 is 39.7 Å². The molecule has 10 heteroatoms. The largest absolute Gasteiger partial charge is 0.380 e. The van der Waals surface area contributed by atoms with Crippen LogP contribution in [0.15, 0.2) is 66.2 Å². The molecule has 3 aliphatic heterocycles. The lowest BCUT2D eigenvalue weighted by molar-refractivity contribution is -0.258. The predicted octanol–water partition coefficient (Wildman–Crippen LogP) is 9.66. The van der Waals surface area contributed by atoms with E-state index in [9.17, 15) is 8.78 Å². The number of allylic oxidation sites excluding steroid dienone is 6. The molecule has 1 aromatic carbocycles. The number of hydrogen-bond acceptors (Lipinski definition) is 4. The summed E-state index contributed by atoms with van der Waals surface area (Å²) in [5, 5.41) is 0. The Kier molecular flexibility index (Phi) is 5.78. The van der Waals surface area contributed by atoms with Crippen molar-refractivity contribution in [3.63, 3.8) is 0 Å². The van der Waals surface area contributed by atoms with Gasteiger partial charge in [-0.1, -0.05) is 47.8 Å². The van der Waals surface area contributed by atoms with Crippen molar-refractivity contribution in [2.45, 2.75) is 57.0 Å². The summed E-state index contributed by atoms with van der Waals surface area (Å²) in [4.78, 5) is 1.42. The minimum atomic E-state index is -5.50. The van der Waals surface area contributed by atoms with Gasteiger partial charge in [0.2, 0.25) is 0 Å². The molecule has 0 nitrogen and oxygen atoms in total. The van der Waals surface area contributed by atoms with Crippen LogP contribution in [0, 0.1) is 10.8 Å². The van der Waals surface area contributed by atoms with Gasteiger partial charge >= 0.3 is 17.8 Å². The van der Waals surface area contributed by atoms with E-state index in [2.05, 4.69) is 12.1 Å². The number of benzene rings is 1. The van der Waals surface area contributed by atoms with Crippen LogP contribution in [-0.4, -0.2) is 29.3 Å². The molecule has 0 spiro atoms. The van der Waals surface area contributed by atoms with Gasteiger partial charge in [0.25, 0.3) is 0 Å². The van der Waals surface area contributed by atoms with Gasteiger partial charge in [0, 0.05) is 54.8 Å². The van der Waals surface area contributed by atoms with Crippen LogP contribution in [0.1, 0.15) is 38.8 Å². The number of fused-ring (bicyclic) bond motifs is 2. The summed E-state index contributed by atoms with van der Waals surface area (Å²) >= 11 is 5.28. The second-order valence-corrected chi connectivity index (χ2v) is 14.8. The smallest absolute Gasteiger partial charge is 0.194 e. The first kappa shape index (κ1) is 26.4. The van der Waals surface area contributed by atoms with Crippen molar-refractivity contribution >= 4 is 47.0 Å². The molecule has 2 aliphatic carbocycles. The molecule has 198 valence electrons. The van der Waals surface area contributed by atoms with Crippen molar-refractivity contribution in [3.8, 4) is 0 Å². The number of alkyl halides is 6. The fourth-order valence-corrected chi connectivity index (χ4v) is 12.4. The van der Waals surface area contributed by atoms with Crippen LogP contribution in [0.25, 0.3) is 0 Å². The summed E-state index contributed by atoms with van der Waals surface area (Å²) < 4.78 is 91.5. The van der Waals surface area contributed by atoms with E-state index >= 15 is 17.6 Å². The fraction of sp³-hybridized carbons (Fsp3) is 0.481. The van der Waals surface area contributed by atoms with Crippen LogP contribution in [0.5, 0.6) is 0 Å². The molecule has 37 heavy (non-hydrogen) atoms. The zero-order chi connectivity index (χ0) is 26.8. The number of rotatable bonds is 0. The maximum absolute atomic E-state index is 15.4. The second kappa shape index (κ2) is 8.10. The zero-order valence-corrected chi connectivity index (χ0v) is 23.8. The molecular weight excluding hydrogens is 567 g/mol. The van der Waals surface area contributed by atoms with Crippen molar-refractivity contribution in [2.24, 2.45) is 10.8 Å². The average molecular weight is 591 g/mol. The number of halogens is 6. The summed E-state index contributed by atoms with van der Waals surface area (Å²) in [5.41, 5.74) is -0.388. The van der Waals surface area contributed by atoms with Crippen LogP contribution in [0.2, 0.25) is 0 Å². The third-order valence-corrected chi connectivity index (χ3v) is 13.5. The van der Waals surface area contributed by atoms with Gasteiger partial charge in [0.15, 0.2) is 0 Å². The van der Waals surface area contributed by atoms with Gasteiger partial charge in [0.05, 0.1) is 0 Å². The molecule has 6 rings (SSSR count). The minimum Gasteiger partial charge on any atom is -0.194 e. The summed E-state index contributed by atoms with van der Waals surface area (Å²) in [6.07, 6.45) is 0. The molecule has 0 unspecified atom stereocenters. The minimum absolute atomic E-state index is 0.0287. The molecule has 1 saturated carbocycles. The van der Waals surface area contributed by atoms with Gasteiger partial charge < -0.3 is 0 Å². The highest BCUT2D eigenvalue weighted by Crippen LogP contribution is 2.80. The molecule has 1 aromatic rings. The Hall–Kier alpha value is -0.840. The molecule has 2 atom stereocenters. The van der Waals surface area contributed by atoms with Crippen molar-refractivity contribution in [2.75, 3.05) is 11.5 Å². The van der Waals surface area contributed by atoms with Gasteiger partial charge in [-0.15, -0.1) is 0 Å². The first-order valence-corrected chi connectivity index (χ1v) is 15.8. The lowest BCUT2D eigenvalue weighted by Crippen LogP contribution is -2.47. The van der Waals surface area contributed by atoms with Crippen molar-refractivity contribution in [3.05, 3.63) is 77.3 Å². The molecule has 0 N–H and O–H groups in total. The predicted molar refractivity (Wildman–Crippen MR) is 144 cm³/mol. The van der Waals surface area contributed by atoms with Crippen molar-refractivity contribution in [1.29, 1.82) is 0 Å². The molecule has 0 aromatic heterocycles. The topological polar surface area (TPSA) is 0 Å². The Bertz CT molecular complexity index is 1270. The van der Waals surface area contributed by atoms with E-state index in [1.165, 1.54) is 11.1 Å². The van der Waals surface area contributed by atoms with Crippen LogP contribution in [-0.2, 0) is 11.5 Å². The van der Waals surface area contributed by atoms with Gasteiger partial charge in [0.1, 0.15) is 0 Å². The van der Waals surface area contributed by atoms with Crippen molar-refractivity contribution in [1.82, 2.24) is 0 Å². The third kappa shape index (κ3) is 3.02. The lowest BCUT2D eigenvalue weighted by Gasteiger charge is -2.50. The van der Waals surface area contributed by atoms with E-state index in [0.29, 0.717) is 23.0 Å². The van der Waals surface area contributed by atoms with Crippen LogP contribution < -0.4 is 0 Å². The molecule has 5 aliphatic rings. The lowest BCUT2D eigenvalue weighted by atomic mass is 9.55. The monoisotopic (exact) mass is 590 g/mol. The van der Waals surface area contributed by atoms with Gasteiger partial charge in [-0.3, -0.25) is 0 Å². The Labute approximate surface area is 229 Å². The van der Waals surface area contributed by atoms with Gasteiger partial charge in [-0.25, -0.2) is 0 Å². The Morgan fingerprint density at radius 1 is 0.622 bits per heavy atom. The highest BCUT2D eigenvalue weighted by Gasteiger charge is 2.85. The summed E-state index contributed by atoms with van der Waals surface area (Å²) in [6, 6.07) is 8.17. The maximum Gasteiger partial charge on any atom is 0.380 e. The Morgan fingerprint density at radius 3 is 1.38 bits per heavy atom. The number of thioether (sulfide) groups is 4. The summed E-state index contributed by atoms with van der Waals surface area (Å²) in [6.45, 7) is 7.24. The Balaban J connectivity index is 1.63. The first-order chi connectivity index (χ1) is 17.2. The third-order valence-electron chi connectivity index (χ3n) is 8.72. The van der Waals surface area contributed by atoms with Gasteiger partial charge in [-0.05, 0) is 59.8 Å². The highest BCUT2D eigenvalue weighted by molar-refractivity contribution is 8.08. The van der Waals surface area contributed by atoms with Gasteiger partial charge in [-0.2, -0.15) is 49.9 Å². The molecule has 0 bridgehead atoms. The standard InChI is InChI=1S/C27H24F6S4/c1-13-17-11-34-9-15-7-5-6-8-16(15)10-35-12-18-14(2)37-22-20-19(21(36-13)23(17,3)24(18,22)4)25(28,29)27(32,33)26(20,30)31/h5-8H,9-12H2,1-4H3/t23-,24-/m1/s1. The Morgan fingerprint density at radius 2 is 1.00 bits per heavy atom. The fourth-order valence-electron chi connectivity index (χ4n) is 6.47. The normalized spacial score (nSPS) is 33.8. The molecule has 0 saturated heterocycles. The SMILES string of the molecule is CC1=C2CSCc3ccccc3CSCC3=C(C)SC4=C5C(=C(S1)[C@]2(C)[C@]34C)C(F)(F)C(F)(F)C5(F)F.